The lowest BCUT2D eigenvalue weighted by molar-refractivity contribution is 0.103. The first kappa shape index (κ1) is 17.2. The van der Waals surface area contributed by atoms with Crippen molar-refractivity contribution >= 4 is 10.8 Å². The maximum atomic E-state index is 9.57. The van der Waals surface area contributed by atoms with E-state index in [0.717, 1.165) is 6.42 Å². The largest absolute Gasteiger partial charge is 0.394 e. The molecule has 0 bridgehead atoms. The number of aryl methyl sites for hydroxylation is 1. The van der Waals surface area contributed by atoms with Crippen LogP contribution in [0.5, 0.6) is 0 Å². The van der Waals surface area contributed by atoms with Gasteiger partial charge in [-0.3, -0.25) is 0 Å². The van der Waals surface area contributed by atoms with E-state index in [2.05, 4.69) is 60.8 Å². The van der Waals surface area contributed by atoms with E-state index in [1.807, 2.05) is 6.92 Å². The highest BCUT2D eigenvalue weighted by Gasteiger charge is 2.25. The van der Waals surface area contributed by atoms with Crippen molar-refractivity contribution < 1.29 is 10.2 Å². The van der Waals surface area contributed by atoms with Gasteiger partial charge in [-0.25, -0.2) is 0 Å². The SMILES string of the molecule is CCc1ccc2c3c(ccc(CNC(C)(CO)CO)c13)-c1ccccc1-2. The molecule has 3 heteroatoms. The summed E-state index contributed by atoms with van der Waals surface area (Å²) in [5.74, 6) is 0. The van der Waals surface area contributed by atoms with Gasteiger partial charge >= 0.3 is 0 Å². The summed E-state index contributed by atoms with van der Waals surface area (Å²) >= 11 is 0. The summed E-state index contributed by atoms with van der Waals surface area (Å²) in [5, 5.41) is 25.1. The Morgan fingerprint density at radius 2 is 1.35 bits per heavy atom. The monoisotopic (exact) mass is 347 g/mol. The molecule has 1 aliphatic rings. The van der Waals surface area contributed by atoms with Crippen LogP contribution in [0.4, 0.5) is 0 Å². The fraction of sp³-hybridized carbons (Fsp3) is 0.304. The van der Waals surface area contributed by atoms with Crippen LogP contribution in [0.1, 0.15) is 25.0 Å². The molecule has 3 aromatic rings. The van der Waals surface area contributed by atoms with Gasteiger partial charge in [0.25, 0.3) is 0 Å². The minimum atomic E-state index is -0.682. The molecule has 0 unspecified atom stereocenters. The zero-order valence-corrected chi connectivity index (χ0v) is 15.3. The molecule has 0 saturated heterocycles. The fourth-order valence-corrected chi connectivity index (χ4v) is 3.96. The molecule has 26 heavy (non-hydrogen) atoms. The predicted molar refractivity (Wildman–Crippen MR) is 107 cm³/mol. The normalized spacial score (nSPS) is 12.6. The number of fused-ring (bicyclic) bond motifs is 3. The Bertz CT molecular complexity index is 944. The average Bonchev–Trinajstić information content (AvgIpc) is 3.02. The van der Waals surface area contributed by atoms with Gasteiger partial charge in [-0.1, -0.05) is 55.5 Å². The Morgan fingerprint density at radius 1 is 0.769 bits per heavy atom. The smallest absolute Gasteiger partial charge is 0.0633 e. The molecule has 0 atom stereocenters. The molecule has 0 fully saturated rings. The Morgan fingerprint density at radius 3 is 1.88 bits per heavy atom. The lowest BCUT2D eigenvalue weighted by Crippen LogP contribution is -2.48. The van der Waals surface area contributed by atoms with Crippen molar-refractivity contribution in [1.29, 1.82) is 0 Å². The molecule has 4 rings (SSSR count). The topological polar surface area (TPSA) is 52.5 Å². The number of aliphatic hydroxyl groups excluding tert-OH is 2. The number of benzene rings is 3. The van der Waals surface area contributed by atoms with Crippen LogP contribution in [0.15, 0.2) is 48.5 Å². The van der Waals surface area contributed by atoms with Crippen LogP contribution < -0.4 is 5.32 Å². The zero-order valence-electron chi connectivity index (χ0n) is 15.3. The van der Waals surface area contributed by atoms with Crippen LogP contribution in [0.2, 0.25) is 0 Å². The summed E-state index contributed by atoms with van der Waals surface area (Å²) in [6, 6.07) is 17.5. The maximum absolute atomic E-state index is 9.57. The second-order valence-corrected chi connectivity index (χ2v) is 7.42. The van der Waals surface area contributed by atoms with Crippen molar-refractivity contribution in [3.8, 4) is 22.3 Å². The van der Waals surface area contributed by atoms with Crippen LogP contribution in [-0.4, -0.2) is 29.0 Å². The molecule has 0 aromatic heterocycles. The molecule has 1 aliphatic carbocycles. The summed E-state index contributed by atoms with van der Waals surface area (Å²) < 4.78 is 0. The van der Waals surface area contributed by atoms with Gasteiger partial charge in [-0.05, 0) is 57.5 Å². The third-order valence-electron chi connectivity index (χ3n) is 5.63. The lowest BCUT2D eigenvalue weighted by Gasteiger charge is -2.27. The van der Waals surface area contributed by atoms with Gasteiger partial charge in [0.15, 0.2) is 0 Å². The third-order valence-corrected chi connectivity index (χ3v) is 5.63. The second-order valence-electron chi connectivity index (χ2n) is 7.42. The van der Waals surface area contributed by atoms with E-state index in [1.54, 1.807) is 0 Å². The van der Waals surface area contributed by atoms with Crippen LogP contribution in [0.3, 0.4) is 0 Å². The van der Waals surface area contributed by atoms with Crippen molar-refractivity contribution in [1.82, 2.24) is 5.32 Å². The zero-order chi connectivity index (χ0) is 18.3. The molecule has 3 nitrogen and oxygen atoms in total. The Labute approximate surface area is 154 Å². The van der Waals surface area contributed by atoms with Crippen molar-refractivity contribution in [3.63, 3.8) is 0 Å². The molecule has 0 amide bonds. The van der Waals surface area contributed by atoms with Crippen LogP contribution in [0.25, 0.3) is 33.0 Å². The molecule has 0 radical (unpaired) electrons. The van der Waals surface area contributed by atoms with Crippen LogP contribution >= 0.6 is 0 Å². The van der Waals surface area contributed by atoms with Crippen molar-refractivity contribution in [3.05, 3.63) is 59.7 Å². The minimum absolute atomic E-state index is 0.100. The highest BCUT2D eigenvalue weighted by atomic mass is 16.3. The molecular formula is C23H25NO2. The van der Waals surface area contributed by atoms with Crippen LogP contribution in [-0.2, 0) is 13.0 Å². The van der Waals surface area contributed by atoms with E-state index in [1.165, 1.54) is 44.2 Å². The van der Waals surface area contributed by atoms with E-state index in [9.17, 15) is 10.2 Å². The van der Waals surface area contributed by atoms with Gasteiger partial charge in [-0.15, -0.1) is 0 Å². The molecular weight excluding hydrogens is 322 g/mol. The fourth-order valence-electron chi connectivity index (χ4n) is 3.96. The minimum Gasteiger partial charge on any atom is -0.394 e. The molecule has 0 heterocycles. The van der Waals surface area contributed by atoms with Gasteiger partial charge in [-0.2, -0.15) is 0 Å². The standard InChI is InChI=1S/C23H25NO2/c1-3-15-8-10-19-17-6-4-5-7-18(17)20-11-9-16(21(15)22(19)20)12-24-23(2,13-25)14-26/h4-11,24-26H,3,12-14H2,1-2H3. The molecule has 134 valence electrons. The average molecular weight is 347 g/mol. The first-order valence-corrected chi connectivity index (χ1v) is 9.26. The Hall–Kier alpha value is -2.20. The summed E-state index contributed by atoms with van der Waals surface area (Å²) in [7, 11) is 0. The molecule has 0 aliphatic heterocycles. The summed E-state index contributed by atoms with van der Waals surface area (Å²) in [6.07, 6.45) is 0.973. The number of hydrogen-bond acceptors (Lipinski definition) is 3. The van der Waals surface area contributed by atoms with Crippen molar-refractivity contribution in [2.45, 2.75) is 32.4 Å². The molecule has 3 aromatic carbocycles. The first-order valence-electron chi connectivity index (χ1n) is 9.26. The van der Waals surface area contributed by atoms with Gasteiger partial charge in [0, 0.05) is 6.54 Å². The van der Waals surface area contributed by atoms with Crippen molar-refractivity contribution in [2.24, 2.45) is 0 Å². The van der Waals surface area contributed by atoms with Crippen LogP contribution in [0, 0.1) is 0 Å². The van der Waals surface area contributed by atoms with Gasteiger partial charge in [0.05, 0.1) is 18.8 Å². The molecule has 0 spiro atoms. The summed E-state index contributed by atoms with van der Waals surface area (Å²) in [6.45, 7) is 4.44. The van der Waals surface area contributed by atoms with E-state index in [0.29, 0.717) is 6.54 Å². The van der Waals surface area contributed by atoms with Gasteiger partial charge in [0.2, 0.25) is 0 Å². The highest BCUT2D eigenvalue weighted by Crippen LogP contribution is 2.48. The summed E-state index contributed by atoms with van der Waals surface area (Å²) in [4.78, 5) is 0. The second kappa shape index (κ2) is 6.51. The quantitative estimate of drug-likeness (QED) is 0.496. The number of hydrogen-bond donors (Lipinski definition) is 3. The third kappa shape index (κ3) is 2.55. The van der Waals surface area contributed by atoms with E-state index in [4.69, 9.17) is 0 Å². The molecule has 0 saturated carbocycles. The first-order chi connectivity index (χ1) is 12.6. The maximum Gasteiger partial charge on any atom is 0.0633 e. The van der Waals surface area contributed by atoms with E-state index in [-0.39, 0.29) is 13.2 Å². The number of nitrogens with one attached hydrogen (secondary N) is 1. The highest BCUT2D eigenvalue weighted by molar-refractivity contribution is 6.16. The van der Waals surface area contributed by atoms with E-state index < -0.39 is 5.54 Å². The predicted octanol–water partition coefficient (Wildman–Crippen LogP) is 3.88. The van der Waals surface area contributed by atoms with Gasteiger partial charge < -0.3 is 15.5 Å². The Balaban J connectivity index is 1.88. The lowest BCUT2D eigenvalue weighted by atomic mass is 9.92. The summed E-state index contributed by atoms with van der Waals surface area (Å²) in [5.41, 5.74) is 7.08. The van der Waals surface area contributed by atoms with E-state index >= 15 is 0 Å². The van der Waals surface area contributed by atoms with Gasteiger partial charge in [0.1, 0.15) is 0 Å². The van der Waals surface area contributed by atoms with Crippen molar-refractivity contribution in [2.75, 3.05) is 13.2 Å². The Kier molecular flexibility index (Phi) is 4.31. The number of aliphatic hydroxyl groups is 2. The number of rotatable bonds is 6. The molecule has 3 N–H and O–H groups in total.